The molecule has 1 aliphatic rings. The Morgan fingerprint density at radius 1 is 1.27 bits per heavy atom. The summed E-state index contributed by atoms with van der Waals surface area (Å²) in [4.78, 5) is 8.84. The van der Waals surface area contributed by atoms with Crippen molar-refractivity contribution in [2.24, 2.45) is 7.05 Å². The van der Waals surface area contributed by atoms with Crippen LogP contribution in [0.2, 0.25) is 0 Å². The van der Waals surface area contributed by atoms with E-state index in [2.05, 4.69) is 26.7 Å². The molecule has 0 bridgehead atoms. The molecule has 0 radical (unpaired) electrons. The molecule has 1 fully saturated rings. The average molecular weight is 438 g/mol. The fraction of sp³-hybridized carbons (Fsp3) is 0.650. The van der Waals surface area contributed by atoms with Crippen LogP contribution in [0.1, 0.15) is 65.0 Å². The third-order valence-corrected chi connectivity index (χ3v) is 6.74. The van der Waals surface area contributed by atoms with Gasteiger partial charge in [-0.05, 0) is 26.7 Å². The Kier molecular flexibility index (Phi) is 6.37. The number of aromatic nitrogens is 4. The highest BCUT2D eigenvalue weighted by atomic mass is 32.2. The van der Waals surface area contributed by atoms with Crippen LogP contribution in [0.25, 0.3) is 0 Å². The molecule has 10 heteroatoms. The molecule has 0 aromatic carbocycles. The Bertz CT molecular complexity index is 975. The summed E-state index contributed by atoms with van der Waals surface area (Å²) >= 11 is 0. The minimum atomic E-state index is -3.87. The van der Waals surface area contributed by atoms with Gasteiger partial charge in [0, 0.05) is 31.1 Å². The quantitative estimate of drug-likeness (QED) is 0.652. The van der Waals surface area contributed by atoms with Crippen LogP contribution in [-0.2, 0) is 22.5 Å². The summed E-state index contributed by atoms with van der Waals surface area (Å²) in [6, 6.07) is 1.79. The Labute approximate surface area is 177 Å². The number of sulfonamides is 1. The van der Waals surface area contributed by atoms with Gasteiger partial charge in [0.05, 0.1) is 24.1 Å². The van der Waals surface area contributed by atoms with Gasteiger partial charge in [-0.2, -0.15) is 10.1 Å². The summed E-state index contributed by atoms with van der Waals surface area (Å²) in [5.41, 5.74) is -0.265. The predicted octanol–water partition coefficient (Wildman–Crippen LogP) is 2.77. The number of nitrogens with one attached hydrogen (secondary N) is 1. The first kappa shape index (κ1) is 22.5. The highest BCUT2D eigenvalue weighted by molar-refractivity contribution is 7.92. The second kappa shape index (κ2) is 8.50. The van der Waals surface area contributed by atoms with Crippen LogP contribution in [0.15, 0.2) is 23.4 Å². The van der Waals surface area contributed by atoms with E-state index in [9.17, 15) is 13.5 Å². The molecule has 1 aliphatic carbocycles. The lowest BCUT2D eigenvalue weighted by Gasteiger charge is -2.33. The van der Waals surface area contributed by atoms with E-state index in [4.69, 9.17) is 4.74 Å². The normalized spacial score (nSPS) is 17.0. The zero-order valence-electron chi connectivity index (χ0n) is 18.1. The highest BCUT2D eigenvalue weighted by Crippen LogP contribution is 2.39. The van der Waals surface area contributed by atoms with E-state index in [1.54, 1.807) is 27.0 Å². The summed E-state index contributed by atoms with van der Waals surface area (Å²) in [5, 5.41) is 13.8. The largest absolute Gasteiger partial charge is 0.477 e. The molecule has 0 aliphatic heterocycles. The molecular weight excluding hydrogens is 406 g/mol. The molecule has 9 nitrogen and oxygen atoms in total. The van der Waals surface area contributed by atoms with Gasteiger partial charge in [0.15, 0.2) is 0 Å². The van der Waals surface area contributed by atoms with Crippen molar-refractivity contribution < 1.29 is 18.3 Å². The fourth-order valence-corrected chi connectivity index (χ4v) is 4.49. The van der Waals surface area contributed by atoms with Crippen molar-refractivity contribution in [2.45, 2.75) is 75.2 Å². The zero-order valence-corrected chi connectivity index (χ0v) is 18.9. The standard InChI is InChI=1S/C20H31N5O4S/c1-19(2,26)10-11-29-17-12-16(20(3)8-6-5-7-9-20)22-18(23-17)24-30(27,28)15-13-21-25(4)14-15/h12-14,26H,5-11H2,1-4H3,(H,22,23,24). The maximum Gasteiger partial charge on any atom is 0.267 e. The van der Waals surface area contributed by atoms with E-state index >= 15 is 0 Å². The Morgan fingerprint density at radius 3 is 2.57 bits per heavy atom. The lowest BCUT2D eigenvalue weighted by atomic mass is 9.73. The first-order valence-corrected chi connectivity index (χ1v) is 11.7. The maximum atomic E-state index is 12.7. The van der Waals surface area contributed by atoms with Crippen molar-refractivity contribution in [3.05, 3.63) is 24.2 Å². The second-order valence-electron chi connectivity index (χ2n) is 8.90. The van der Waals surface area contributed by atoms with Crippen molar-refractivity contribution in [3.8, 4) is 5.88 Å². The maximum absolute atomic E-state index is 12.7. The van der Waals surface area contributed by atoms with Gasteiger partial charge in [0.1, 0.15) is 4.90 Å². The van der Waals surface area contributed by atoms with Gasteiger partial charge in [0.2, 0.25) is 11.8 Å². The van der Waals surface area contributed by atoms with E-state index < -0.39 is 15.6 Å². The van der Waals surface area contributed by atoms with Gasteiger partial charge in [-0.3, -0.25) is 4.68 Å². The molecule has 0 unspecified atom stereocenters. The van der Waals surface area contributed by atoms with E-state index in [1.165, 1.54) is 23.5 Å². The second-order valence-corrected chi connectivity index (χ2v) is 10.6. The molecule has 2 aromatic rings. The van der Waals surface area contributed by atoms with Crippen LogP contribution >= 0.6 is 0 Å². The average Bonchev–Trinajstić information content (AvgIpc) is 3.08. The lowest BCUT2D eigenvalue weighted by Crippen LogP contribution is -2.28. The minimum absolute atomic E-state index is 0.0265. The van der Waals surface area contributed by atoms with Crippen molar-refractivity contribution in [1.82, 2.24) is 19.7 Å². The zero-order chi connectivity index (χ0) is 22.0. The van der Waals surface area contributed by atoms with Crippen LogP contribution in [-0.4, -0.2) is 45.5 Å². The van der Waals surface area contributed by atoms with Gasteiger partial charge < -0.3 is 9.84 Å². The van der Waals surface area contributed by atoms with Crippen LogP contribution in [0, 0.1) is 0 Å². The SMILES string of the molecule is Cn1cc(S(=O)(=O)Nc2nc(OCCC(C)(C)O)cc(C3(C)CCCCC3)n2)cn1. The molecule has 0 saturated heterocycles. The Balaban J connectivity index is 1.90. The first-order valence-electron chi connectivity index (χ1n) is 10.2. The van der Waals surface area contributed by atoms with Crippen LogP contribution < -0.4 is 9.46 Å². The number of aliphatic hydroxyl groups is 1. The van der Waals surface area contributed by atoms with E-state index in [0.29, 0.717) is 12.3 Å². The lowest BCUT2D eigenvalue weighted by molar-refractivity contribution is 0.0546. The molecule has 1 saturated carbocycles. The predicted molar refractivity (Wildman–Crippen MR) is 113 cm³/mol. The summed E-state index contributed by atoms with van der Waals surface area (Å²) in [7, 11) is -2.23. The summed E-state index contributed by atoms with van der Waals surface area (Å²) in [5.74, 6) is 0.265. The number of hydrogen-bond donors (Lipinski definition) is 2. The summed E-state index contributed by atoms with van der Waals surface area (Å²) in [6.45, 7) is 5.82. The molecule has 0 atom stereocenters. The highest BCUT2D eigenvalue weighted by Gasteiger charge is 2.32. The van der Waals surface area contributed by atoms with Crippen molar-refractivity contribution in [3.63, 3.8) is 0 Å². The smallest absolute Gasteiger partial charge is 0.267 e. The number of rotatable bonds is 8. The van der Waals surface area contributed by atoms with Gasteiger partial charge in [0.25, 0.3) is 10.0 Å². The van der Waals surface area contributed by atoms with Crippen molar-refractivity contribution >= 4 is 16.0 Å². The van der Waals surface area contributed by atoms with Crippen molar-refractivity contribution in [1.29, 1.82) is 0 Å². The molecule has 166 valence electrons. The van der Waals surface area contributed by atoms with E-state index in [1.807, 2.05) is 0 Å². The molecule has 2 N–H and O–H groups in total. The molecule has 0 amide bonds. The number of nitrogens with zero attached hydrogens (tertiary/aromatic N) is 4. The molecule has 3 rings (SSSR count). The van der Waals surface area contributed by atoms with Gasteiger partial charge in [-0.1, -0.05) is 26.2 Å². The van der Waals surface area contributed by atoms with Gasteiger partial charge in [-0.15, -0.1) is 0 Å². The monoisotopic (exact) mass is 437 g/mol. The van der Waals surface area contributed by atoms with Crippen molar-refractivity contribution in [2.75, 3.05) is 11.3 Å². The molecule has 0 spiro atoms. The number of anilines is 1. The minimum Gasteiger partial charge on any atom is -0.477 e. The molecular formula is C20H31N5O4S. The molecule has 2 aromatic heterocycles. The fourth-order valence-electron chi connectivity index (χ4n) is 3.56. The number of aryl methyl sites for hydroxylation is 1. The van der Waals surface area contributed by atoms with Crippen LogP contribution in [0.5, 0.6) is 5.88 Å². The third-order valence-electron chi connectivity index (χ3n) is 5.46. The molecule has 2 heterocycles. The first-order chi connectivity index (χ1) is 14.0. The Hall–Kier alpha value is -2.20. The summed E-state index contributed by atoms with van der Waals surface area (Å²) < 4.78 is 35.1. The third kappa shape index (κ3) is 5.69. The molecule has 30 heavy (non-hydrogen) atoms. The van der Waals surface area contributed by atoms with E-state index in [-0.39, 0.29) is 22.9 Å². The Morgan fingerprint density at radius 2 is 1.97 bits per heavy atom. The van der Waals surface area contributed by atoms with Gasteiger partial charge >= 0.3 is 0 Å². The number of hydrogen-bond acceptors (Lipinski definition) is 7. The number of ether oxygens (including phenoxy) is 1. The van der Waals surface area contributed by atoms with E-state index in [0.717, 1.165) is 31.4 Å². The summed E-state index contributed by atoms with van der Waals surface area (Å²) in [6.07, 6.45) is 8.45. The van der Waals surface area contributed by atoms with Crippen LogP contribution in [0.3, 0.4) is 0 Å². The van der Waals surface area contributed by atoms with Gasteiger partial charge in [-0.25, -0.2) is 18.1 Å². The topological polar surface area (TPSA) is 119 Å². The van der Waals surface area contributed by atoms with Crippen LogP contribution in [0.4, 0.5) is 5.95 Å².